The van der Waals surface area contributed by atoms with Crippen LogP contribution in [0, 0.1) is 0 Å². The van der Waals surface area contributed by atoms with E-state index >= 15 is 0 Å². The molecule has 1 heterocycles. The van der Waals surface area contributed by atoms with Crippen LogP contribution in [0.4, 0.5) is 0 Å². The van der Waals surface area contributed by atoms with Crippen molar-refractivity contribution in [2.45, 2.75) is 19.4 Å². The van der Waals surface area contributed by atoms with Gasteiger partial charge in [-0.2, -0.15) is 0 Å². The Kier molecular flexibility index (Phi) is 3.62. The second-order valence-corrected chi connectivity index (χ2v) is 4.29. The second kappa shape index (κ2) is 5.18. The van der Waals surface area contributed by atoms with Gasteiger partial charge in [-0.15, -0.1) is 0 Å². The van der Waals surface area contributed by atoms with E-state index in [-0.39, 0.29) is 11.6 Å². The van der Waals surface area contributed by atoms with E-state index < -0.39 is 5.97 Å². The van der Waals surface area contributed by atoms with Gasteiger partial charge in [0.25, 0.3) is 0 Å². The first-order valence-electron chi connectivity index (χ1n) is 5.82. The summed E-state index contributed by atoms with van der Waals surface area (Å²) in [6, 6.07) is 5.27. The molecule has 1 unspecified atom stereocenters. The third kappa shape index (κ3) is 2.36. The van der Waals surface area contributed by atoms with Gasteiger partial charge in [0.2, 0.25) is 0 Å². The Morgan fingerprint density at radius 1 is 1.56 bits per heavy atom. The molecule has 96 valence electrons. The zero-order valence-corrected chi connectivity index (χ0v) is 10.5. The molecule has 2 rings (SSSR count). The standard InChI is InChI=1S/C13H16N2O3/c1-9(5-6-18-2)15-8-14-11-7-10(13(16)17)3-4-12(11)15/h3-4,7-9H,5-6H2,1-2H3,(H,16,17). The van der Waals surface area contributed by atoms with Crippen molar-refractivity contribution in [3.63, 3.8) is 0 Å². The molecule has 1 N–H and O–H groups in total. The number of hydrogen-bond acceptors (Lipinski definition) is 3. The number of aromatic nitrogens is 2. The molecule has 0 radical (unpaired) electrons. The molecular weight excluding hydrogens is 232 g/mol. The number of ether oxygens (including phenoxy) is 1. The number of carboxylic acid groups (broad SMARTS) is 1. The van der Waals surface area contributed by atoms with E-state index in [4.69, 9.17) is 9.84 Å². The molecule has 0 spiro atoms. The van der Waals surface area contributed by atoms with E-state index in [2.05, 4.69) is 11.9 Å². The van der Waals surface area contributed by atoms with Crippen molar-refractivity contribution in [1.29, 1.82) is 0 Å². The maximum atomic E-state index is 10.9. The number of carboxylic acids is 1. The molecule has 0 bridgehead atoms. The lowest BCUT2D eigenvalue weighted by Gasteiger charge is -2.13. The van der Waals surface area contributed by atoms with Crippen LogP contribution in [-0.2, 0) is 4.74 Å². The molecule has 0 aliphatic heterocycles. The lowest BCUT2D eigenvalue weighted by Crippen LogP contribution is -2.06. The van der Waals surface area contributed by atoms with Gasteiger partial charge in [-0.25, -0.2) is 9.78 Å². The average Bonchev–Trinajstić information content (AvgIpc) is 2.78. The van der Waals surface area contributed by atoms with Gasteiger partial charge < -0.3 is 14.4 Å². The minimum Gasteiger partial charge on any atom is -0.478 e. The lowest BCUT2D eigenvalue weighted by molar-refractivity contribution is 0.0697. The molecular formula is C13H16N2O3. The number of nitrogens with zero attached hydrogens (tertiary/aromatic N) is 2. The van der Waals surface area contributed by atoms with Crippen molar-refractivity contribution in [3.05, 3.63) is 30.1 Å². The van der Waals surface area contributed by atoms with Crippen LogP contribution in [0.3, 0.4) is 0 Å². The summed E-state index contributed by atoms with van der Waals surface area (Å²) in [5, 5.41) is 8.93. The number of fused-ring (bicyclic) bond motifs is 1. The summed E-state index contributed by atoms with van der Waals surface area (Å²) >= 11 is 0. The van der Waals surface area contributed by atoms with Crippen LogP contribution in [0.1, 0.15) is 29.7 Å². The zero-order valence-electron chi connectivity index (χ0n) is 10.5. The summed E-state index contributed by atoms with van der Waals surface area (Å²) in [4.78, 5) is 15.1. The molecule has 5 heteroatoms. The first-order chi connectivity index (χ1) is 8.63. The van der Waals surface area contributed by atoms with E-state index in [9.17, 15) is 4.79 Å². The fraction of sp³-hybridized carbons (Fsp3) is 0.385. The number of hydrogen-bond donors (Lipinski definition) is 1. The van der Waals surface area contributed by atoms with E-state index in [1.54, 1.807) is 31.6 Å². The Labute approximate surface area is 105 Å². The van der Waals surface area contributed by atoms with E-state index in [1.165, 1.54) is 0 Å². The van der Waals surface area contributed by atoms with Crippen LogP contribution in [0.25, 0.3) is 11.0 Å². The molecule has 0 fully saturated rings. The predicted molar refractivity (Wildman–Crippen MR) is 67.9 cm³/mol. The molecule has 1 aromatic carbocycles. The quantitative estimate of drug-likeness (QED) is 0.882. The molecule has 0 aliphatic carbocycles. The third-order valence-electron chi connectivity index (χ3n) is 3.04. The van der Waals surface area contributed by atoms with Gasteiger partial charge in [-0.3, -0.25) is 0 Å². The highest BCUT2D eigenvalue weighted by molar-refractivity contribution is 5.92. The molecule has 0 saturated carbocycles. The van der Waals surface area contributed by atoms with Gasteiger partial charge in [-0.1, -0.05) is 0 Å². The number of imidazole rings is 1. The van der Waals surface area contributed by atoms with Crippen LogP contribution in [0.5, 0.6) is 0 Å². The first-order valence-corrected chi connectivity index (χ1v) is 5.82. The number of aromatic carboxylic acids is 1. The number of rotatable bonds is 5. The maximum Gasteiger partial charge on any atom is 0.335 e. The molecule has 0 amide bonds. The smallest absolute Gasteiger partial charge is 0.335 e. The predicted octanol–water partition coefficient (Wildman–Crippen LogP) is 2.33. The highest BCUT2D eigenvalue weighted by Crippen LogP contribution is 2.20. The topological polar surface area (TPSA) is 64.4 Å². The summed E-state index contributed by atoms with van der Waals surface area (Å²) in [6.07, 6.45) is 2.64. The Balaban J connectivity index is 2.33. The highest BCUT2D eigenvalue weighted by Gasteiger charge is 2.11. The molecule has 1 aromatic heterocycles. The fourth-order valence-electron chi connectivity index (χ4n) is 1.94. The monoisotopic (exact) mass is 248 g/mol. The molecule has 0 saturated heterocycles. The van der Waals surface area contributed by atoms with Crippen molar-refractivity contribution in [3.8, 4) is 0 Å². The molecule has 18 heavy (non-hydrogen) atoms. The summed E-state index contributed by atoms with van der Waals surface area (Å²) in [5.41, 5.74) is 1.92. The second-order valence-electron chi connectivity index (χ2n) is 4.29. The molecule has 5 nitrogen and oxygen atoms in total. The SMILES string of the molecule is COCCC(C)n1cnc2cc(C(=O)O)ccc21. The fourth-order valence-corrected chi connectivity index (χ4v) is 1.94. The third-order valence-corrected chi connectivity index (χ3v) is 3.04. The lowest BCUT2D eigenvalue weighted by atomic mass is 10.2. The zero-order chi connectivity index (χ0) is 13.1. The molecule has 1 atom stereocenters. The van der Waals surface area contributed by atoms with Crippen molar-refractivity contribution in [2.24, 2.45) is 0 Å². The summed E-state index contributed by atoms with van der Waals surface area (Å²) < 4.78 is 7.10. The van der Waals surface area contributed by atoms with Crippen LogP contribution >= 0.6 is 0 Å². The number of methoxy groups -OCH3 is 1. The van der Waals surface area contributed by atoms with E-state index in [0.29, 0.717) is 12.1 Å². The van der Waals surface area contributed by atoms with Crippen LogP contribution in [-0.4, -0.2) is 34.3 Å². The summed E-state index contributed by atoms with van der Waals surface area (Å²) in [5.74, 6) is -0.932. The Bertz CT molecular complexity index is 562. The highest BCUT2D eigenvalue weighted by atomic mass is 16.5. The first kappa shape index (κ1) is 12.6. The molecule has 0 aliphatic rings. The number of benzene rings is 1. The number of carbonyl (C=O) groups is 1. The molecule has 2 aromatic rings. The van der Waals surface area contributed by atoms with Crippen LogP contribution in [0.2, 0.25) is 0 Å². The van der Waals surface area contributed by atoms with Crippen LogP contribution in [0.15, 0.2) is 24.5 Å². The summed E-state index contributed by atoms with van der Waals surface area (Å²) in [7, 11) is 1.68. The summed E-state index contributed by atoms with van der Waals surface area (Å²) in [6.45, 7) is 2.78. The average molecular weight is 248 g/mol. The van der Waals surface area contributed by atoms with Crippen molar-refractivity contribution >= 4 is 17.0 Å². The maximum absolute atomic E-state index is 10.9. The Morgan fingerprint density at radius 2 is 2.33 bits per heavy atom. The van der Waals surface area contributed by atoms with Crippen molar-refractivity contribution in [2.75, 3.05) is 13.7 Å². The van der Waals surface area contributed by atoms with Gasteiger partial charge in [-0.05, 0) is 31.5 Å². The minimum absolute atomic E-state index is 0.261. The minimum atomic E-state index is -0.932. The Hall–Kier alpha value is -1.88. The van der Waals surface area contributed by atoms with Crippen LogP contribution < -0.4 is 0 Å². The van der Waals surface area contributed by atoms with Crippen molar-refractivity contribution < 1.29 is 14.6 Å². The normalized spacial score (nSPS) is 12.8. The van der Waals surface area contributed by atoms with E-state index in [1.807, 2.05) is 4.57 Å². The van der Waals surface area contributed by atoms with Gasteiger partial charge in [0.05, 0.1) is 22.9 Å². The van der Waals surface area contributed by atoms with Gasteiger partial charge in [0.15, 0.2) is 0 Å². The van der Waals surface area contributed by atoms with E-state index in [0.717, 1.165) is 11.9 Å². The van der Waals surface area contributed by atoms with Gasteiger partial charge >= 0.3 is 5.97 Å². The largest absolute Gasteiger partial charge is 0.478 e. The van der Waals surface area contributed by atoms with Crippen molar-refractivity contribution in [1.82, 2.24) is 9.55 Å². The Morgan fingerprint density at radius 3 is 3.00 bits per heavy atom. The van der Waals surface area contributed by atoms with Gasteiger partial charge in [0, 0.05) is 19.8 Å². The van der Waals surface area contributed by atoms with Gasteiger partial charge in [0.1, 0.15) is 0 Å².